The molecule has 0 atom stereocenters. The summed E-state index contributed by atoms with van der Waals surface area (Å²) < 4.78 is 1.47. The maximum Gasteiger partial charge on any atom is 0.322 e. The Hall–Kier alpha value is -3.30. The molecule has 164 valence electrons. The number of amides is 1. The van der Waals surface area contributed by atoms with E-state index >= 15 is 0 Å². The van der Waals surface area contributed by atoms with E-state index in [-0.39, 0.29) is 12.3 Å². The van der Waals surface area contributed by atoms with Crippen molar-refractivity contribution in [2.45, 2.75) is 18.1 Å². The molecular weight excluding hydrogens is 454 g/mol. The molecule has 1 amide bonds. The fourth-order valence-electron chi connectivity index (χ4n) is 3.57. The van der Waals surface area contributed by atoms with E-state index in [9.17, 15) is 19.5 Å². The molecule has 1 aliphatic rings. The molecule has 4 N–H and O–H groups in total. The van der Waals surface area contributed by atoms with Crippen LogP contribution >= 0.6 is 23.4 Å². The van der Waals surface area contributed by atoms with E-state index in [0.29, 0.717) is 27.8 Å². The van der Waals surface area contributed by atoms with Crippen molar-refractivity contribution in [3.63, 3.8) is 0 Å². The number of rotatable bonds is 6. The van der Waals surface area contributed by atoms with Gasteiger partial charge in [0.15, 0.2) is 6.20 Å². The van der Waals surface area contributed by atoms with Gasteiger partial charge in [-0.2, -0.15) is 11.8 Å². The number of thioether (sulfide) groups is 1. The molecular formula is C22H19ClN3O5S+. The van der Waals surface area contributed by atoms with Crippen molar-refractivity contribution >= 4 is 35.2 Å². The largest absolute Gasteiger partial charge is 0.507 e. The predicted molar refractivity (Wildman–Crippen MR) is 120 cm³/mol. The summed E-state index contributed by atoms with van der Waals surface area (Å²) in [5.41, 5.74) is 2.64. The first-order chi connectivity index (χ1) is 15.3. The quantitative estimate of drug-likeness (QED) is 0.506. The van der Waals surface area contributed by atoms with E-state index in [1.54, 1.807) is 12.3 Å². The molecule has 0 aliphatic carbocycles. The van der Waals surface area contributed by atoms with Gasteiger partial charge in [-0.25, -0.2) is 4.98 Å². The third-order valence-corrected chi connectivity index (χ3v) is 6.33. The minimum Gasteiger partial charge on any atom is -0.507 e. The van der Waals surface area contributed by atoms with Crippen LogP contribution in [-0.4, -0.2) is 33.2 Å². The molecule has 8 nitrogen and oxygen atoms in total. The zero-order valence-electron chi connectivity index (χ0n) is 16.7. The Labute approximate surface area is 191 Å². The number of carbonyl (C=O) groups is 2. The molecule has 3 heterocycles. The summed E-state index contributed by atoms with van der Waals surface area (Å²) in [5.74, 6) is -1.55. The average molecular weight is 473 g/mol. The smallest absolute Gasteiger partial charge is 0.322 e. The third-order valence-electron chi connectivity index (χ3n) is 5.12. The summed E-state index contributed by atoms with van der Waals surface area (Å²) in [7, 11) is 0. The maximum atomic E-state index is 13.1. The molecule has 1 aliphatic heterocycles. The van der Waals surface area contributed by atoms with Crippen molar-refractivity contribution < 1.29 is 24.8 Å². The summed E-state index contributed by atoms with van der Waals surface area (Å²) in [6.45, 7) is -0.461. The monoisotopic (exact) mass is 472 g/mol. The Morgan fingerprint density at radius 1 is 1.22 bits per heavy atom. The van der Waals surface area contributed by atoms with Crippen LogP contribution in [0.3, 0.4) is 0 Å². The van der Waals surface area contributed by atoms with E-state index in [0.717, 1.165) is 16.8 Å². The average Bonchev–Trinajstić information content (AvgIpc) is 3.26. The number of aromatic amines is 1. The first-order valence-electron chi connectivity index (χ1n) is 9.67. The minimum absolute atomic E-state index is 0.188. The van der Waals surface area contributed by atoms with Gasteiger partial charge < -0.3 is 20.1 Å². The number of pyridine rings is 2. The molecule has 0 radical (unpaired) electrons. The lowest BCUT2D eigenvalue weighted by Gasteiger charge is -2.15. The predicted octanol–water partition coefficient (Wildman–Crippen LogP) is 2.30. The fourth-order valence-corrected chi connectivity index (χ4v) is 4.89. The van der Waals surface area contributed by atoms with Gasteiger partial charge in [-0.15, -0.1) is 0 Å². The number of aromatic hydroxyl groups is 1. The molecule has 0 saturated heterocycles. The number of carboxylic acid groups (broad SMARTS) is 1. The highest BCUT2D eigenvalue weighted by Crippen LogP contribution is 2.36. The van der Waals surface area contributed by atoms with Gasteiger partial charge in [0.2, 0.25) is 5.69 Å². The number of aromatic nitrogens is 2. The number of fused-ring (bicyclic) bond motifs is 1. The Kier molecular flexibility index (Phi) is 6.20. The number of H-pyrrole nitrogens is 1. The maximum absolute atomic E-state index is 13.1. The first-order valence-corrected chi connectivity index (χ1v) is 11.2. The Bertz CT molecular complexity index is 1270. The van der Waals surface area contributed by atoms with E-state index in [2.05, 4.69) is 10.3 Å². The van der Waals surface area contributed by atoms with E-state index < -0.39 is 29.5 Å². The second kappa shape index (κ2) is 9.05. The molecule has 0 spiro atoms. The number of carboxylic acids is 1. The van der Waals surface area contributed by atoms with Crippen molar-refractivity contribution in [3.8, 4) is 17.0 Å². The van der Waals surface area contributed by atoms with Crippen LogP contribution in [0, 0.1) is 0 Å². The molecule has 1 aromatic carbocycles. The number of hydrogen-bond acceptors (Lipinski definition) is 5. The summed E-state index contributed by atoms with van der Waals surface area (Å²) in [6, 6.07) is 11.1. The zero-order chi connectivity index (χ0) is 22.8. The molecule has 0 unspecified atom stereocenters. The van der Waals surface area contributed by atoms with Crippen LogP contribution in [0.4, 0.5) is 0 Å². The van der Waals surface area contributed by atoms with Crippen LogP contribution in [0.5, 0.6) is 5.75 Å². The number of benzene rings is 1. The van der Waals surface area contributed by atoms with Gasteiger partial charge in [-0.05, 0) is 24.3 Å². The van der Waals surface area contributed by atoms with Gasteiger partial charge in [0.25, 0.3) is 11.5 Å². The summed E-state index contributed by atoms with van der Waals surface area (Å²) in [6.07, 6.45) is 1.77. The molecule has 0 bridgehead atoms. The SMILES string of the molecule is O=C(O)CNC(=O)c1c(O)c2c(n(Cc3ccc(-c4cccc(Cl)c4)[nH+]c3)c1=O)CSC2. The highest BCUT2D eigenvalue weighted by Gasteiger charge is 2.29. The Morgan fingerprint density at radius 2 is 2.03 bits per heavy atom. The number of nitrogens with zero attached hydrogens (tertiary/aromatic N) is 1. The molecule has 32 heavy (non-hydrogen) atoms. The normalized spacial score (nSPS) is 12.4. The number of hydrogen-bond donors (Lipinski definition) is 3. The van der Waals surface area contributed by atoms with Crippen LogP contribution in [-0.2, 0) is 22.8 Å². The van der Waals surface area contributed by atoms with Crippen molar-refractivity contribution in [1.29, 1.82) is 0 Å². The second-order valence-corrected chi connectivity index (χ2v) is 8.65. The lowest BCUT2D eigenvalue weighted by molar-refractivity contribution is -0.365. The lowest BCUT2D eigenvalue weighted by atomic mass is 10.1. The van der Waals surface area contributed by atoms with Gasteiger partial charge in [0.05, 0.1) is 6.54 Å². The standard InChI is InChI=1S/C22H18ClN3O5S/c23-14-3-1-2-13(6-14)16-5-4-12(7-24-16)9-26-17-11-32-10-15(17)20(29)19(22(26)31)21(30)25-8-18(27)28/h1-7,29H,8-11H2,(H,25,30)(H,27,28)/p+1. The highest BCUT2D eigenvalue weighted by atomic mass is 35.5. The number of aliphatic carboxylic acids is 1. The highest BCUT2D eigenvalue weighted by molar-refractivity contribution is 7.98. The minimum atomic E-state index is -1.25. The molecule has 0 saturated carbocycles. The van der Waals surface area contributed by atoms with E-state index in [1.807, 2.05) is 30.3 Å². The molecule has 4 rings (SSSR count). The van der Waals surface area contributed by atoms with Gasteiger partial charge in [-0.3, -0.25) is 14.4 Å². The summed E-state index contributed by atoms with van der Waals surface area (Å²) in [4.78, 5) is 39.5. The second-order valence-electron chi connectivity index (χ2n) is 7.23. The van der Waals surface area contributed by atoms with Crippen LogP contribution in [0.2, 0.25) is 5.02 Å². The van der Waals surface area contributed by atoms with Crippen LogP contribution < -0.4 is 15.9 Å². The van der Waals surface area contributed by atoms with Crippen LogP contribution in [0.1, 0.15) is 27.2 Å². The Balaban J connectivity index is 1.69. The van der Waals surface area contributed by atoms with Crippen LogP contribution in [0.15, 0.2) is 47.4 Å². The number of halogens is 1. The van der Waals surface area contributed by atoms with Crippen molar-refractivity contribution in [2.24, 2.45) is 0 Å². The fraction of sp³-hybridized carbons (Fsp3) is 0.182. The van der Waals surface area contributed by atoms with Gasteiger partial charge >= 0.3 is 5.97 Å². The van der Waals surface area contributed by atoms with Crippen LogP contribution in [0.25, 0.3) is 11.3 Å². The molecule has 10 heteroatoms. The summed E-state index contributed by atoms with van der Waals surface area (Å²) >= 11 is 7.58. The van der Waals surface area contributed by atoms with Gasteiger partial charge in [0.1, 0.15) is 17.9 Å². The molecule has 2 aromatic heterocycles. The topological polar surface area (TPSA) is 123 Å². The summed E-state index contributed by atoms with van der Waals surface area (Å²) in [5, 5.41) is 22.1. The van der Waals surface area contributed by atoms with Crippen molar-refractivity contribution in [2.75, 3.05) is 6.54 Å². The molecule has 3 aromatic rings. The van der Waals surface area contributed by atoms with E-state index in [1.165, 1.54) is 16.3 Å². The molecule has 0 fully saturated rings. The number of nitrogens with one attached hydrogen (secondary N) is 2. The van der Waals surface area contributed by atoms with Crippen molar-refractivity contribution in [3.05, 3.63) is 80.4 Å². The Morgan fingerprint density at radius 3 is 2.72 bits per heavy atom. The lowest BCUT2D eigenvalue weighted by Crippen LogP contribution is -2.37. The first kappa shape index (κ1) is 21.9. The van der Waals surface area contributed by atoms with Crippen molar-refractivity contribution in [1.82, 2.24) is 9.88 Å². The van der Waals surface area contributed by atoms with Gasteiger partial charge in [0, 0.05) is 45.0 Å². The third kappa shape index (κ3) is 4.35. The van der Waals surface area contributed by atoms with Gasteiger partial charge in [-0.1, -0.05) is 17.7 Å². The zero-order valence-corrected chi connectivity index (χ0v) is 18.3. The number of carbonyl (C=O) groups excluding carboxylic acids is 1. The van der Waals surface area contributed by atoms with E-state index in [4.69, 9.17) is 16.7 Å².